The minimum absolute atomic E-state index is 0.249. The molecule has 2 fully saturated rings. The van der Waals surface area contributed by atoms with E-state index in [0.29, 0.717) is 32.5 Å². The molecule has 6 heteroatoms. The van der Waals surface area contributed by atoms with E-state index in [-0.39, 0.29) is 6.03 Å². The Hall–Kier alpha value is -1.30. The predicted octanol–water partition coefficient (Wildman–Crippen LogP) is -0.278. The van der Waals surface area contributed by atoms with Crippen LogP contribution < -0.4 is 0 Å². The maximum Gasteiger partial charge on any atom is 0.326 e. The highest BCUT2D eigenvalue weighted by Crippen LogP contribution is 2.21. The smallest absolute Gasteiger partial charge is 0.326 e. The summed E-state index contributed by atoms with van der Waals surface area (Å²) in [7, 11) is 0. The zero-order chi connectivity index (χ0) is 11.7. The molecule has 0 aromatic carbocycles. The number of β-amino-alcohol motifs (C(OH)–C–C–N with tert-alkyl or cyclic N) is 1. The SMILES string of the molecule is O=C(O)C1CCCN1C(=O)N1CCC(O)C1. The molecular formula is C10H16N2O4. The lowest BCUT2D eigenvalue weighted by Gasteiger charge is -2.27. The number of carboxylic acids is 1. The Labute approximate surface area is 93.4 Å². The second-order valence-electron chi connectivity index (χ2n) is 4.36. The van der Waals surface area contributed by atoms with Crippen molar-refractivity contribution in [1.82, 2.24) is 9.80 Å². The summed E-state index contributed by atoms with van der Waals surface area (Å²) in [5, 5.41) is 18.3. The molecule has 0 aliphatic carbocycles. The molecule has 6 nitrogen and oxygen atoms in total. The number of aliphatic hydroxyl groups is 1. The van der Waals surface area contributed by atoms with Gasteiger partial charge < -0.3 is 20.0 Å². The van der Waals surface area contributed by atoms with E-state index in [4.69, 9.17) is 5.11 Å². The number of likely N-dealkylation sites (tertiary alicyclic amines) is 2. The van der Waals surface area contributed by atoms with E-state index in [0.717, 1.165) is 6.42 Å². The number of nitrogens with zero attached hydrogens (tertiary/aromatic N) is 2. The largest absolute Gasteiger partial charge is 0.480 e. The highest BCUT2D eigenvalue weighted by molar-refractivity contribution is 5.83. The number of hydrogen-bond donors (Lipinski definition) is 2. The summed E-state index contributed by atoms with van der Waals surface area (Å²) in [6, 6.07) is -0.938. The number of aliphatic hydroxyl groups excluding tert-OH is 1. The van der Waals surface area contributed by atoms with E-state index >= 15 is 0 Å². The van der Waals surface area contributed by atoms with Crippen LogP contribution in [-0.2, 0) is 4.79 Å². The first kappa shape index (κ1) is 11.2. The third kappa shape index (κ3) is 1.97. The zero-order valence-corrected chi connectivity index (χ0v) is 9.00. The molecule has 2 aliphatic heterocycles. The van der Waals surface area contributed by atoms with Crippen molar-refractivity contribution in [3.8, 4) is 0 Å². The normalized spacial score (nSPS) is 29.8. The maximum absolute atomic E-state index is 12.0. The first-order chi connectivity index (χ1) is 7.59. The Kier molecular flexibility index (Phi) is 3.00. The molecule has 0 bridgehead atoms. The third-order valence-electron chi connectivity index (χ3n) is 3.22. The van der Waals surface area contributed by atoms with Gasteiger partial charge in [0.1, 0.15) is 6.04 Å². The van der Waals surface area contributed by atoms with Gasteiger partial charge in [-0.15, -0.1) is 0 Å². The Morgan fingerprint density at radius 2 is 1.94 bits per heavy atom. The zero-order valence-electron chi connectivity index (χ0n) is 9.00. The molecule has 0 saturated carbocycles. The summed E-state index contributed by atoms with van der Waals surface area (Å²) in [6.07, 6.45) is 1.38. The number of hydrogen-bond acceptors (Lipinski definition) is 3. The van der Waals surface area contributed by atoms with Crippen LogP contribution in [0.5, 0.6) is 0 Å². The van der Waals surface area contributed by atoms with Crippen molar-refractivity contribution in [2.45, 2.75) is 31.4 Å². The minimum atomic E-state index is -0.939. The first-order valence-corrected chi connectivity index (χ1v) is 5.56. The summed E-state index contributed by atoms with van der Waals surface area (Å²) in [5.74, 6) is -0.939. The minimum Gasteiger partial charge on any atom is -0.480 e. The molecule has 2 saturated heterocycles. The molecule has 2 rings (SSSR count). The van der Waals surface area contributed by atoms with Crippen molar-refractivity contribution in [3.05, 3.63) is 0 Å². The summed E-state index contributed by atoms with van der Waals surface area (Å²) < 4.78 is 0. The number of aliphatic carboxylic acids is 1. The van der Waals surface area contributed by atoms with E-state index in [1.54, 1.807) is 0 Å². The first-order valence-electron chi connectivity index (χ1n) is 5.56. The van der Waals surface area contributed by atoms with Gasteiger partial charge in [0.15, 0.2) is 0 Å². The quantitative estimate of drug-likeness (QED) is 0.647. The lowest BCUT2D eigenvalue weighted by atomic mass is 10.2. The van der Waals surface area contributed by atoms with Crippen molar-refractivity contribution in [2.24, 2.45) is 0 Å². The molecule has 2 N–H and O–H groups in total. The molecule has 2 atom stereocenters. The number of rotatable bonds is 1. The van der Waals surface area contributed by atoms with Gasteiger partial charge in [0, 0.05) is 19.6 Å². The molecule has 2 aliphatic rings. The summed E-state index contributed by atoms with van der Waals surface area (Å²) in [4.78, 5) is 25.9. The average molecular weight is 228 g/mol. The van der Waals surface area contributed by atoms with Gasteiger partial charge in [-0.3, -0.25) is 0 Å². The van der Waals surface area contributed by atoms with Gasteiger partial charge in [-0.2, -0.15) is 0 Å². The lowest BCUT2D eigenvalue weighted by Crippen LogP contribution is -2.47. The molecule has 2 unspecified atom stereocenters. The van der Waals surface area contributed by atoms with Crippen molar-refractivity contribution < 1.29 is 19.8 Å². The molecular weight excluding hydrogens is 212 g/mol. The van der Waals surface area contributed by atoms with Crippen molar-refractivity contribution in [2.75, 3.05) is 19.6 Å². The van der Waals surface area contributed by atoms with Crippen LogP contribution in [0.25, 0.3) is 0 Å². The van der Waals surface area contributed by atoms with Gasteiger partial charge in [0.25, 0.3) is 0 Å². The number of carboxylic acid groups (broad SMARTS) is 1. The molecule has 0 spiro atoms. The summed E-state index contributed by atoms with van der Waals surface area (Å²) in [5.41, 5.74) is 0. The van der Waals surface area contributed by atoms with Crippen molar-refractivity contribution >= 4 is 12.0 Å². The van der Waals surface area contributed by atoms with Crippen LogP contribution in [0.2, 0.25) is 0 Å². The van der Waals surface area contributed by atoms with Crippen molar-refractivity contribution in [1.29, 1.82) is 0 Å². The Morgan fingerprint density at radius 1 is 1.19 bits per heavy atom. The highest BCUT2D eigenvalue weighted by atomic mass is 16.4. The number of carbonyl (C=O) groups is 2. The second-order valence-corrected chi connectivity index (χ2v) is 4.36. The number of amides is 2. The van der Waals surface area contributed by atoms with Crippen LogP contribution in [0.1, 0.15) is 19.3 Å². The lowest BCUT2D eigenvalue weighted by molar-refractivity contribution is -0.141. The van der Waals surface area contributed by atoms with Crippen LogP contribution in [0.15, 0.2) is 0 Å². The summed E-state index contributed by atoms with van der Waals surface area (Å²) in [6.45, 7) is 1.34. The van der Waals surface area contributed by atoms with Crippen molar-refractivity contribution in [3.63, 3.8) is 0 Å². The van der Waals surface area contributed by atoms with Gasteiger partial charge in [0.05, 0.1) is 6.10 Å². The second kappa shape index (κ2) is 4.29. The van der Waals surface area contributed by atoms with Gasteiger partial charge in [-0.1, -0.05) is 0 Å². The highest BCUT2D eigenvalue weighted by Gasteiger charge is 2.37. The molecule has 0 aromatic heterocycles. The van der Waals surface area contributed by atoms with Crippen LogP contribution in [0.3, 0.4) is 0 Å². The Morgan fingerprint density at radius 3 is 2.50 bits per heavy atom. The molecule has 2 amide bonds. The summed E-state index contributed by atoms with van der Waals surface area (Å²) >= 11 is 0. The third-order valence-corrected chi connectivity index (χ3v) is 3.22. The van der Waals surface area contributed by atoms with Crippen LogP contribution in [0.4, 0.5) is 4.79 Å². The Bertz CT molecular complexity index is 307. The standard InChI is InChI=1S/C10H16N2O4/c13-7-3-5-11(6-7)10(16)12-4-1-2-8(12)9(14)15/h7-8,13H,1-6H2,(H,14,15). The fourth-order valence-corrected chi connectivity index (χ4v) is 2.35. The molecule has 16 heavy (non-hydrogen) atoms. The van der Waals surface area contributed by atoms with E-state index in [1.165, 1.54) is 9.80 Å². The fraction of sp³-hybridized carbons (Fsp3) is 0.800. The number of carbonyl (C=O) groups excluding carboxylic acids is 1. The van der Waals surface area contributed by atoms with Crippen LogP contribution in [-0.4, -0.2) is 63.8 Å². The van der Waals surface area contributed by atoms with E-state index in [9.17, 15) is 14.7 Å². The monoisotopic (exact) mass is 228 g/mol. The average Bonchev–Trinajstić information content (AvgIpc) is 2.84. The molecule has 0 radical (unpaired) electrons. The topological polar surface area (TPSA) is 81.1 Å². The van der Waals surface area contributed by atoms with Gasteiger partial charge in [0.2, 0.25) is 0 Å². The van der Waals surface area contributed by atoms with Gasteiger partial charge >= 0.3 is 12.0 Å². The fourth-order valence-electron chi connectivity index (χ4n) is 2.35. The Balaban J connectivity index is 2.01. The van der Waals surface area contributed by atoms with Crippen LogP contribution >= 0.6 is 0 Å². The van der Waals surface area contributed by atoms with Gasteiger partial charge in [-0.05, 0) is 19.3 Å². The maximum atomic E-state index is 12.0. The predicted molar refractivity (Wildman–Crippen MR) is 55.0 cm³/mol. The number of urea groups is 1. The van der Waals surface area contributed by atoms with Gasteiger partial charge in [-0.25, -0.2) is 9.59 Å². The molecule has 90 valence electrons. The van der Waals surface area contributed by atoms with E-state index in [1.807, 2.05) is 0 Å². The molecule has 0 aromatic rings. The van der Waals surface area contributed by atoms with Crippen LogP contribution in [0, 0.1) is 0 Å². The van der Waals surface area contributed by atoms with E-state index < -0.39 is 18.1 Å². The van der Waals surface area contributed by atoms with E-state index in [2.05, 4.69) is 0 Å². The molecule has 2 heterocycles.